The molecule has 7 nitrogen and oxygen atoms in total. The fraction of sp³-hybridized carbons (Fsp3) is 0.346. The van der Waals surface area contributed by atoms with Crippen LogP contribution in [0, 0.1) is 0 Å². The predicted octanol–water partition coefficient (Wildman–Crippen LogP) is 3.85. The van der Waals surface area contributed by atoms with Crippen LogP contribution in [0.5, 0.6) is 5.75 Å². The molecule has 3 aromatic carbocycles. The van der Waals surface area contributed by atoms with Crippen LogP contribution >= 0.6 is 0 Å². The van der Waals surface area contributed by atoms with Crippen LogP contribution in [-0.2, 0) is 14.8 Å². The number of benzene rings is 3. The zero-order chi connectivity index (χ0) is 23.7. The molecule has 3 aromatic rings. The molecule has 0 aromatic heterocycles. The van der Waals surface area contributed by atoms with E-state index in [2.05, 4.69) is 24.3 Å². The number of ether oxygens (including phenoxy) is 2. The minimum absolute atomic E-state index is 0.0173. The second-order valence-corrected chi connectivity index (χ2v) is 10.5. The Hall–Kier alpha value is -2.94. The number of sulfonamides is 1. The van der Waals surface area contributed by atoms with Crippen LogP contribution in [0.2, 0.25) is 0 Å². The van der Waals surface area contributed by atoms with Gasteiger partial charge in [0.15, 0.2) is 0 Å². The predicted molar refractivity (Wildman–Crippen MR) is 130 cm³/mol. The molecule has 2 aliphatic rings. The van der Waals surface area contributed by atoms with Gasteiger partial charge in [0.25, 0.3) is 5.91 Å². The number of carbonyl (C=O) groups is 1. The first-order valence-corrected chi connectivity index (χ1v) is 13.0. The van der Waals surface area contributed by atoms with E-state index in [1.165, 1.54) is 17.5 Å². The number of rotatable bonds is 5. The van der Waals surface area contributed by atoms with Gasteiger partial charge in [0, 0.05) is 25.2 Å². The Labute approximate surface area is 199 Å². The first-order chi connectivity index (χ1) is 16.5. The van der Waals surface area contributed by atoms with Gasteiger partial charge in [0.2, 0.25) is 10.0 Å². The Morgan fingerprint density at radius 2 is 1.76 bits per heavy atom. The topological polar surface area (TPSA) is 76.2 Å². The Balaban J connectivity index is 1.50. The van der Waals surface area contributed by atoms with E-state index in [1.54, 1.807) is 12.1 Å². The van der Waals surface area contributed by atoms with Crippen molar-refractivity contribution in [3.63, 3.8) is 0 Å². The van der Waals surface area contributed by atoms with E-state index < -0.39 is 10.0 Å². The van der Waals surface area contributed by atoms with Crippen molar-refractivity contribution in [2.24, 2.45) is 0 Å². The molecule has 8 heteroatoms. The summed E-state index contributed by atoms with van der Waals surface area (Å²) in [7, 11) is -2.38. The fourth-order valence-corrected chi connectivity index (χ4v) is 6.57. The van der Waals surface area contributed by atoms with Gasteiger partial charge in [-0.15, -0.1) is 0 Å². The third kappa shape index (κ3) is 4.06. The van der Waals surface area contributed by atoms with Gasteiger partial charge in [0.1, 0.15) is 10.6 Å². The number of nitrogens with zero attached hydrogens (tertiary/aromatic N) is 2. The summed E-state index contributed by atoms with van der Waals surface area (Å²) >= 11 is 0. The van der Waals surface area contributed by atoms with Crippen molar-refractivity contribution in [3.8, 4) is 5.75 Å². The molecule has 0 spiro atoms. The van der Waals surface area contributed by atoms with Gasteiger partial charge < -0.3 is 14.4 Å². The highest BCUT2D eigenvalue weighted by atomic mass is 32.2. The fourth-order valence-electron chi connectivity index (χ4n) is 4.98. The Kier molecular flexibility index (Phi) is 6.29. The van der Waals surface area contributed by atoms with E-state index in [4.69, 9.17) is 9.47 Å². The van der Waals surface area contributed by atoms with Crippen molar-refractivity contribution in [2.75, 3.05) is 40.0 Å². The molecule has 2 aliphatic heterocycles. The van der Waals surface area contributed by atoms with Crippen molar-refractivity contribution in [1.82, 2.24) is 9.21 Å². The van der Waals surface area contributed by atoms with E-state index in [1.807, 2.05) is 23.1 Å². The SMILES string of the molecule is COc1ccc(C(=O)N2CCCC2c2cccc3ccccc23)cc1S(=O)(=O)N1CCOCC1. The molecule has 0 aliphatic carbocycles. The lowest BCUT2D eigenvalue weighted by Gasteiger charge is -2.28. The highest BCUT2D eigenvalue weighted by molar-refractivity contribution is 7.89. The normalized spacial score (nSPS) is 19.4. The zero-order valence-corrected chi connectivity index (χ0v) is 20.0. The van der Waals surface area contributed by atoms with Gasteiger partial charge in [0.05, 0.1) is 26.4 Å². The molecule has 5 rings (SSSR count). The number of fused-ring (bicyclic) bond motifs is 1. The average molecular weight is 481 g/mol. The number of likely N-dealkylation sites (tertiary alicyclic amines) is 1. The summed E-state index contributed by atoms with van der Waals surface area (Å²) in [5.74, 6) is 0.0616. The lowest BCUT2D eigenvalue weighted by molar-refractivity contribution is 0.0727. The van der Waals surface area contributed by atoms with Crippen molar-refractivity contribution < 1.29 is 22.7 Å². The maximum Gasteiger partial charge on any atom is 0.254 e. The monoisotopic (exact) mass is 480 g/mol. The first kappa shape index (κ1) is 22.8. The van der Waals surface area contributed by atoms with Crippen molar-refractivity contribution >= 4 is 26.7 Å². The van der Waals surface area contributed by atoms with Gasteiger partial charge >= 0.3 is 0 Å². The number of amides is 1. The third-order valence-electron chi connectivity index (χ3n) is 6.69. The van der Waals surface area contributed by atoms with Crippen molar-refractivity contribution in [2.45, 2.75) is 23.8 Å². The third-order valence-corrected chi connectivity index (χ3v) is 8.61. The first-order valence-electron chi connectivity index (χ1n) is 11.6. The lowest BCUT2D eigenvalue weighted by atomic mass is 9.97. The summed E-state index contributed by atoms with van der Waals surface area (Å²) in [6.07, 6.45) is 1.77. The standard InChI is InChI=1S/C26H28N2O5S/c1-32-24-12-11-20(18-25(24)34(30,31)27-14-16-33-17-15-27)26(29)28-13-5-10-23(28)22-9-4-7-19-6-2-3-8-21(19)22/h2-4,6-9,11-12,18,23H,5,10,13-17H2,1H3. The molecule has 1 amide bonds. The lowest BCUT2D eigenvalue weighted by Crippen LogP contribution is -2.40. The van der Waals surface area contributed by atoms with Gasteiger partial charge in [-0.05, 0) is 47.4 Å². The van der Waals surface area contributed by atoms with Crippen LogP contribution in [-0.4, -0.2) is 63.5 Å². The summed E-state index contributed by atoms with van der Waals surface area (Å²) < 4.78 is 38.8. The molecule has 34 heavy (non-hydrogen) atoms. The van der Waals surface area contributed by atoms with Gasteiger partial charge in [-0.3, -0.25) is 4.79 Å². The summed E-state index contributed by atoms with van der Waals surface area (Å²) in [6, 6.07) is 19.0. The number of hydrogen-bond donors (Lipinski definition) is 0. The van der Waals surface area contributed by atoms with Crippen LogP contribution in [0.15, 0.2) is 65.6 Å². The zero-order valence-electron chi connectivity index (χ0n) is 19.1. The quantitative estimate of drug-likeness (QED) is 0.555. The van der Waals surface area contributed by atoms with E-state index in [0.29, 0.717) is 25.3 Å². The number of carbonyl (C=O) groups excluding carboxylic acids is 1. The molecule has 2 heterocycles. The largest absolute Gasteiger partial charge is 0.495 e. The summed E-state index contributed by atoms with van der Waals surface area (Å²) in [5.41, 5.74) is 1.47. The summed E-state index contributed by atoms with van der Waals surface area (Å²) in [5, 5.41) is 2.28. The second kappa shape index (κ2) is 9.37. The molecule has 1 unspecified atom stereocenters. The molecular formula is C26H28N2O5S. The second-order valence-electron chi connectivity index (χ2n) is 8.61. The van der Waals surface area contributed by atoms with Crippen LogP contribution in [0.1, 0.15) is 34.8 Å². The average Bonchev–Trinajstić information content (AvgIpc) is 3.38. The van der Waals surface area contributed by atoms with Crippen LogP contribution in [0.25, 0.3) is 10.8 Å². The highest BCUT2D eigenvalue weighted by Crippen LogP contribution is 2.37. The summed E-state index contributed by atoms with van der Waals surface area (Å²) in [4.78, 5) is 15.6. The van der Waals surface area contributed by atoms with Crippen LogP contribution in [0.4, 0.5) is 0 Å². The molecule has 1 atom stereocenters. The Morgan fingerprint density at radius 3 is 2.56 bits per heavy atom. The molecule has 0 bridgehead atoms. The van der Waals surface area contributed by atoms with E-state index in [0.717, 1.165) is 29.2 Å². The number of methoxy groups -OCH3 is 1. The van der Waals surface area contributed by atoms with E-state index >= 15 is 0 Å². The number of hydrogen-bond acceptors (Lipinski definition) is 5. The number of morpholine rings is 1. The highest BCUT2D eigenvalue weighted by Gasteiger charge is 2.34. The van der Waals surface area contributed by atoms with E-state index in [9.17, 15) is 13.2 Å². The Morgan fingerprint density at radius 1 is 1.00 bits per heavy atom. The van der Waals surface area contributed by atoms with E-state index in [-0.39, 0.29) is 35.7 Å². The van der Waals surface area contributed by atoms with Gasteiger partial charge in [-0.2, -0.15) is 4.31 Å². The molecule has 178 valence electrons. The minimum Gasteiger partial charge on any atom is -0.495 e. The smallest absolute Gasteiger partial charge is 0.254 e. The molecule has 0 N–H and O–H groups in total. The van der Waals surface area contributed by atoms with Gasteiger partial charge in [-0.1, -0.05) is 42.5 Å². The van der Waals surface area contributed by atoms with Gasteiger partial charge in [-0.25, -0.2) is 8.42 Å². The molecule has 2 saturated heterocycles. The molecule has 0 saturated carbocycles. The van der Waals surface area contributed by atoms with Crippen molar-refractivity contribution in [1.29, 1.82) is 0 Å². The van der Waals surface area contributed by atoms with Crippen molar-refractivity contribution in [3.05, 3.63) is 71.8 Å². The maximum atomic E-state index is 13.7. The molecule has 2 fully saturated rings. The van der Waals surface area contributed by atoms with Crippen LogP contribution in [0.3, 0.4) is 0 Å². The Bertz CT molecular complexity index is 1310. The molecule has 0 radical (unpaired) electrons. The minimum atomic E-state index is -3.82. The van der Waals surface area contributed by atoms with Crippen LogP contribution < -0.4 is 4.74 Å². The molecular weight excluding hydrogens is 452 g/mol. The summed E-state index contributed by atoms with van der Waals surface area (Å²) in [6.45, 7) is 1.88. The maximum absolute atomic E-state index is 13.7.